The summed E-state index contributed by atoms with van der Waals surface area (Å²) in [5, 5.41) is 13.2. The molecular formula is C28H30N2O6S. The van der Waals surface area contributed by atoms with E-state index >= 15 is 0 Å². The number of nitrogens with zero attached hydrogens (tertiary/aromatic N) is 1. The summed E-state index contributed by atoms with van der Waals surface area (Å²) < 4.78 is 33.4. The van der Waals surface area contributed by atoms with Crippen molar-refractivity contribution in [2.75, 3.05) is 13.7 Å². The SMILES string of the molecule is COc1ccccc1-c1ccc(C[C@@H](C(=O)O)N(C(=O)[C@@H]2CCCN2)S(=O)(=O)c2ccc(C)cc2)cc1. The van der Waals surface area contributed by atoms with Crippen LogP contribution in [0.1, 0.15) is 24.0 Å². The molecule has 1 fully saturated rings. The first kappa shape index (κ1) is 26.4. The van der Waals surface area contributed by atoms with Crippen LogP contribution in [0.25, 0.3) is 11.1 Å². The summed E-state index contributed by atoms with van der Waals surface area (Å²) >= 11 is 0. The van der Waals surface area contributed by atoms with Gasteiger partial charge in [0.1, 0.15) is 11.8 Å². The number of amides is 1. The molecular weight excluding hydrogens is 492 g/mol. The molecule has 9 heteroatoms. The molecule has 3 aromatic rings. The number of rotatable bonds is 9. The van der Waals surface area contributed by atoms with Gasteiger partial charge in [-0.25, -0.2) is 17.5 Å². The predicted octanol–water partition coefficient (Wildman–Crippen LogP) is 3.64. The third kappa shape index (κ3) is 5.68. The fourth-order valence-corrected chi connectivity index (χ4v) is 6.08. The zero-order valence-corrected chi connectivity index (χ0v) is 21.6. The Bertz CT molecular complexity index is 1360. The number of aliphatic carboxylic acids is 1. The van der Waals surface area contributed by atoms with E-state index in [-0.39, 0.29) is 11.3 Å². The molecule has 8 nitrogen and oxygen atoms in total. The Balaban J connectivity index is 1.70. The lowest BCUT2D eigenvalue weighted by molar-refractivity contribution is -0.146. The van der Waals surface area contributed by atoms with Crippen LogP contribution in [0, 0.1) is 6.92 Å². The Labute approximate surface area is 216 Å². The van der Waals surface area contributed by atoms with Crippen LogP contribution in [-0.2, 0) is 26.0 Å². The van der Waals surface area contributed by atoms with Crippen molar-refractivity contribution in [2.45, 2.75) is 43.2 Å². The van der Waals surface area contributed by atoms with Crippen molar-refractivity contribution in [1.82, 2.24) is 9.62 Å². The van der Waals surface area contributed by atoms with Gasteiger partial charge in [0.15, 0.2) is 0 Å². The van der Waals surface area contributed by atoms with E-state index in [0.717, 1.165) is 16.7 Å². The molecule has 1 aliphatic heterocycles. The van der Waals surface area contributed by atoms with Gasteiger partial charge in [0.2, 0.25) is 0 Å². The molecule has 1 aliphatic rings. The van der Waals surface area contributed by atoms with Crippen molar-refractivity contribution in [1.29, 1.82) is 0 Å². The van der Waals surface area contributed by atoms with Crippen molar-refractivity contribution in [3.63, 3.8) is 0 Å². The Morgan fingerprint density at radius 1 is 1.05 bits per heavy atom. The first-order valence-corrected chi connectivity index (χ1v) is 13.5. The molecule has 0 saturated carbocycles. The lowest BCUT2D eigenvalue weighted by Crippen LogP contribution is -2.54. The number of para-hydroxylation sites is 1. The van der Waals surface area contributed by atoms with Crippen LogP contribution in [0.15, 0.2) is 77.7 Å². The molecule has 194 valence electrons. The fraction of sp³-hybridized carbons (Fsp3) is 0.286. The van der Waals surface area contributed by atoms with Gasteiger partial charge >= 0.3 is 5.97 Å². The Kier molecular flexibility index (Phi) is 7.94. The van der Waals surface area contributed by atoms with Crippen LogP contribution in [0.4, 0.5) is 0 Å². The van der Waals surface area contributed by atoms with Gasteiger partial charge in [-0.1, -0.05) is 60.2 Å². The molecule has 0 spiro atoms. The molecule has 0 aliphatic carbocycles. The zero-order valence-electron chi connectivity index (χ0n) is 20.8. The van der Waals surface area contributed by atoms with Crippen LogP contribution >= 0.6 is 0 Å². The number of carboxylic acid groups (broad SMARTS) is 1. The summed E-state index contributed by atoms with van der Waals surface area (Å²) in [6, 6.07) is 18.3. The minimum Gasteiger partial charge on any atom is -0.496 e. The number of benzene rings is 3. The van der Waals surface area contributed by atoms with E-state index in [2.05, 4.69) is 5.32 Å². The fourth-order valence-electron chi connectivity index (χ4n) is 4.51. The maximum absolute atomic E-state index is 13.7. The van der Waals surface area contributed by atoms with Crippen molar-refractivity contribution >= 4 is 21.9 Å². The summed E-state index contributed by atoms with van der Waals surface area (Å²) in [4.78, 5) is 25.8. The van der Waals surface area contributed by atoms with Gasteiger partial charge in [-0.3, -0.25) is 4.79 Å². The van der Waals surface area contributed by atoms with E-state index in [4.69, 9.17) is 4.74 Å². The number of methoxy groups -OCH3 is 1. The van der Waals surface area contributed by atoms with E-state index < -0.39 is 34.0 Å². The van der Waals surface area contributed by atoms with Crippen LogP contribution < -0.4 is 10.1 Å². The molecule has 3 aromatic carbocycles. The normalized spacial score (nSPS) is 16.2. The average molecular weight is 523 g/mol. The zero-order chi connectivity index (χ0) is 26.6. The number of hydrogen-bond donors (Lipinski definition) is 2. The summed E-state index contributed by atoms with van der Waals surface area (Å²) in [5.74, 6) is -1.45. The highest BCUT2D eigenvalue weighted by Gasteiger charge is 2.43. The highest BCUT2D eigenvalue weighted by atomic mass is 32.2. The summed E-state index contributed by atoms with van der Waals surface area (Å²) in [7, 11) is -2.85. The molecule has 1 saturated heterocycles. The second-order valence-electron chi connectivity index (χ2n) is 9.06. The molecule has 0 bridgehead atoms. The number of carbonyl (C=O) groups excluding carboxylic acids is 1. The summed E-state index contributed by atoms with van der Waals surface area (Å²) in [5.41, 5.74) is 3.17. The number of aryl methyl sites for hydroxylation is 1. The second kappa shape index (κ2) is 11.1. The smallest absolute Gasteiger partial charge is 0.328 e. The molecule has 37 heavy (non-hydrogen) atoms. The van der Waals surface area contributed by atoms with Crippen molar-refractivity contribution in [3.05, 3.63) is 83.9 Å². The van der Waals surface area contributed by atoms with Crippen LogP contribution in [0.2, 0.25) is 0 Å². The van der Waals surface area contributed by atoms with Crippen molar-refractivity contribution in [2.24, 2.45) is 0 Å². The maximum Gasteiger partial charge on any atom is 0.328 e. The molecule has 2 N–H and O–H groups in total. The third-order valence-electron chi connectivity index (χ3n) is 6.52. The van der Waals surface area contributed by atoms with Crippen LogP contribution in [-0.4, -0.2) is 55.4 Å². The molecule has 2 atom stereocenters. The van der Waals surface area contributed by atoms with Gasteiger partial charge in [0, 0.05) is 12.0 Å². The first-order chi connectivity index (χ1) is 17.7. The number of carboxylic acids is 1. The predicted molar refractivity (Wildman–Crippen MR) is 140 cm³/mol. The molecule has 4 rings (SSSR count). The topological polar surface area (TPSA) is 113 Å². The van der Waals surface area contributed by atoms with E-state index in [9.17, 15) is 23.1 Å². The number of hydrogen-bond acceptors (Lipinski definition) is 6. The third-order valence-corrected chi connectivity index (χ3v) is 8.34. The lowest BCUT2D eigenvalue weighted by atomic mass is 10.00. The highest BCUT2D eigenvalue weighted by Crippen LogP contribution is 2.30. The Hall–Kier alpha value is -3.69. The monoisotopic (exact) mass is 522 g/mol. The van der Waals surface area contributed by atoms with Crippen LogP contribution in [0.3, 0.4) is 0 Å². The number of carbonyl (C=O) groups is 2. The number of ether oxygens (including phenoxy) is 1. The van der Waals surface area contributed by atoms with E-state index in [1.54, 1.807) is 31.4 Å². The largest absolute Gasteiger partial charge is 0.496 e. The first-order valence-electron chi connectivity index (χ1n) is 12.1. The van der Waals surface area contributed by atoms with E-state index in [1.165, 1.54) is 12.1 Å². The Morgan fingerprint density at radius 2 is 1.73 bits per heavy atom. The standard InChI is InChI=1S/C28H30N2O6S/c1-19-9-15-22(16-10-19)37(34,35)30(27(31)24-7-5-17-29-24)25(28(32)33)18-20-11-13-21(14-12-20)23-6-3-4-8-26(23)36-2/h3-4,6,8-16,24-25,29H,5,7,17-18H2,1-2H3,(H,32,33)/t24-,25-/m0/s1. The van der Waals surface area contributed by atoms with Gasteiger partial charge in [0.05, 0.1) is 18.0 Å². The molecule has 0 radical (unpaired) electrons. The van der Waals surface area contributed by atoms with E-state index in [0.29, 0.717) is 35.0 Å². The quantitative estimate of drug-likeness (QED) is 0.441. The minimum absolute atomic E-state index is 0.123. The molecule has 0 unspecified atom stereocenters. The van der Waals surface area contributed by atoms with Gasteiger partial charge in [-0.2, -0.15) is 0 Å². The van der Waals surface area contributed by atoms with Gasteiger partial charge in [0.25, 0.3) is 15.9 Å². The Morgan fingerprint density at radius 3 is 2.32 bits per heavy atom. The minimum atomic E-state index is -4.43. The van der Waals surface area contributed by atoms with Gasteiger partial charge < -0.3 is 15.2 Å². The molecule has 1 amide bonds. The van der Waals surface area contributed by atoms with Crippen LogP contribution in [0.5, 0.6) is 5.75 Å². The van der Waals surface area contributed by atoms with Crippen molar-refractivity contribution in [3.8, 4) is 16.9 Å². The summed E-state index contributed by atoms with van der Waals surface area (Å²) in [6.45, 7) is 2.38. The molecule has 0 aromatic heterocycles. The summed E-state index contributed by atoms with van der Waals surface area (Å²) in [6.07, 6.45) is 0.973. The second-order valence-corrected chi connectivity index (χ2v) is 10.9. The number of sulfonamides is 1. The lowest BCUT2D eigenvalue weighted by Gasteiger charge is -2.30. The van der Waals surface area contributed by atoms with E-state index in [1.807, 2.05) is 43.3 Å². The van der Waals surface area contributed by atoms with Gasteiger partial charge in [-0.05, 0) is 55.6 Å². The number of nitrogens with one attached hydrogen (secondary N) is 1. The molecule has 1 heterocycles. The highest BCUT2D eigenvalue weighted by molar-refractivity contribution is 7.89. The maximum atomic E-state index is 13.7. The van der Waals surface area contributed by atoms with Gasteiger partial charge in [-0.15, -0.1) is 0 Å². The average Bonchev–Trinajstić information content (AvgIpc) is 3.44. The van der Waals surface area contributed by atoms with Crippen molar-refractivity contribution < 1.29 is 27.9 Å².